The van der Waals surface area contributed by atoms with Crippen molar-refractivity contribution in [3.63, 3.8) is 0 Å². The number of benzene rings is 2. The lowest BCUT2D eigenvalue weighted by Gasteiger charge is -2.31. The maximum Gasteiger partial charge on any atom is 0.220 e. The molecular formula is C36H50Cl4N4O4. The van der Waals surface area contributed by atoms with Gasteiger partial charge >= 0.3 is 0 Å². The van der Waals surface area contributed by atoms with Crippen LogP contribution in [0.15, 0.2) is 41.6 Å². The minimum atomic E-state index is 0.000278. The summed E-state index contributed by atoms with van der Waals surface area (Å²) in [6.07, 6.45) is 8.32. The number of carbonyl (C=O) groups is 3. The summed E-state index contributed by atoms with van der Waals surface area (Å²) in [6, 6.07) is 10.5. The second-order valence-corrected chi connectivity index (χ2v) is 13.9. The zero-order valence-electron chi connectivity index (χ0n) is 28.5. The Labute approximate surface area is 306 Å². The number of piperidine rings is 1. The summed E-state index contributed by atoms with van der Waals surface area (Å²) < 4.78 is 0. The zero-order valence-corrected chi connectivity index (χ0v) is 31.5. The predicted octanol–water partition coefficient (Wildman–Crippen LogP) is 8.50. The number of halogens is 4. The van der Waals surface area contributed by atoms with Crippen molar-refractivity contribution in [3.8, 4) is 0 Å². The smallest absolute Gasteiger partial charge is 0.220 e. The van der Waals surface area contributed by atoms with Crippen molar-refractivity contribution in [1.82, 2.24) is 15.5 Å². The van der Waals surface area contributed by atoms with Gasteiger partial charge in [0.1, 0.15) is 19.2 Å². The Bertz CT molecular complexity index is 1310. The topological polar surface area (TPSA) is 100 Å². The normalized spacial score (nSPS) is 17.7. The number of nitrogens with one attached hydrogen (secondary N) is 2. The van der Waals surface area contributed by atoms with Crippen LogP contribution in [0.25, 0.3) is 0 Å². The van der Waals surface area contributed by atoms with Gasteiger partial charge in [-0.05, 0) is 108 Å². The first-order valence-electron chi connectivity index (χ1n) is 16.6. The first kappa shape index (κ1) is 42.0. The van der Waals surface area contributed by atoms with Crippen molar-refractivity contribution in [2.45, 2.75) is 71.1 Å². The molecule has 12 heteroatoms. The molecule has 0 spiro atoms. The van der Waals surface area contributed by atoms with Gasteiger partial charge in [-0.1, -0.05) is 71.0 Å². The second kappa shape index (κ2) is 23.2. The lowest BCUT2D eigenvalue weighted by Crippen LogP contribution is -2.35. The quantitative estimate of drug-likeness (QED) is 0.129. The molecule has 1 heterocycles. The van der Waals surface area contributed by atoms with Crippen LogP contribution in [0.3, 0.4) is 0 Å². The molecule has 0 radical (unpaired) electrons. The zero-order chi connectivity index (χ0) is 35.5. The first-order chi connectivity index (χ1) is 23.0. The standard InChI is InChI=1S/C19H29Cl2N3O.C10H17NO2.C7H4Cl2O/c1-14-6-9-24(10-7-14)11-8-16(19(13-22-2)23-25-3)15-4-5-17(20)18(21)12-15;1-2-11-10(13)7-8-5-3-4-6-9(8)12;8-6-1-5(4-10)2-7(9)3-6/h4-5,12,14,16,22H,6-11,13H2,1-3H3;8H,2-7H2,1H3,(H,11,13);1-4H/b23-19+;;. The van der Waals surface area contributed by atoms with Gasteiger partial charge in [-0.25, -0.2) is 0 Å². The second-order valence-electron chi connectivity index (χ2n) is 12.2. The van der Waals surface area contributed by atoms with Crippen LogP contribution in [-0.4, -0.2) is 75.5 Å². The molecule has 8 nitrogen and oxygen atoms in total. The fraction of sp³-hybridized carbons (Fsp3) is 0.556. The minimum absolute atomic E-state index is 0.000278. The van der Waals surface area contributed by atoms with Gasteiger partial charge in [-0.15, -0.1) is 0 Å². The van der Waals surface area contributed by atoms with Gasteiger partial charge in [-0.2, -0.15) is 0 Å². The fourth-order valence-corrected chi connectivity index (χ4v) is 6.63. The monoisotopic (exact) mass is 742 g/mol. The van der Waals surface area contributed by atoms with Gasteiger partial charge in [0, 0.05) is 53.4 Å². The molecule has 1 amide bonds. The molecule has 0 aromatic heterocycles. The summed E-state index contributed by atoms with van der Waals surface area (Å²) in [7, 11) is 3.51. The van der Waals surface area contributed by atoms with Gasteiger partial charge < -0.3 is 20.4 Å². The molecule has 2 aromatic rings. The van der Waals surface area contributed by atoms with Gasteiger partial charge in [0.25, 0.3) is 0 Å². The maximum atomic E-state index is 11.4. The summed E-state index contributed by atoms with van der Waals surface area (Å²) in [5, 5.41) is 12.3. The molecule has 1 aliphatic carbocycles. The summed E-state index contributed by atoms with van der Waals surface area (Å²) in [5.74, 6) is 1.29. The van der Waals surface area contributed by atoms with E-state index in [9.17, 15) is 14.4 Å². The van der Waals surface area contributed by atoms with E-state index in [-0.39, 0.29) is 23.5 Å². The number of nitrogens with zero attached hydrogens (tertiary/aromatic N) is 2. The SMILES string of the molecule is CCNC(=O)CC1CCCCC1=O.CNC/C(=N\OC)C(CCN1CCC(C)CC1)c1ccc(Cl)c(Cl)c1.O=Cc1cc(Cl)cc(Cl)c1. The van der Waals surface area contributed by atoms with Crippen molar-refractivity contribution in [3.05, 3.63) is 67.6 Å². The van der Waals surface area contributed by atoms with E-state index in [4.69, 9.17) is 51.2 Å². The maximum absolute atomic E-state index is 11.4. The molecule has 2 unspecified atom stereocenters. The van der Waals surface area contributed by atoms with E-state index in [0.717, 1.165) is 49.4 Å². The van der Waals surface area contributed by atoms with E-state index in [1.165, 1.54) is 25.9 Å². The van der Waals surface area contributed by atoms with Gasteiger partial charge in [0.2, 0.25) is 5.91 Å². The number of carbonyl (C=O) groups excluding carboxylic acids is 3. The highest BCUT2D eigenvalue weighted by Gasteiger charge is 2.24. The van der Waals surface area contributed by atoms with Crippen LogP contribution in [0, 0.1) is 11.8 Å². The Morgan fingerprint density at radius 2 is 1.73 bits per heavy atom. The van der Waals surface area contributed by atoms with Gasteiger partial charge in [0.15, 0.2) is 0 Å². The molecule has 2 atom stereocenters. The highest BCUT2D eigenvalue weighted by Crippen LogP contribution is 2.30. The Morgan fingerprint density at radius 1 is 1.04 bits per heavy atom. The molecule has 2 aromatic carbocycles. The summed E-state index contributed by atoms with van der Waals surface area (Å²) >= 11 is 23.5. The van der Waals surface area contributed by atoms with Gasteiger partial charge in [-0.3, -0.25) is 14.4 Å². The molecule has 1 aliphatic heterocycles. The highest BCUT2D eigenvalue weighted by molar-refractivity contribution is 6.42. The number of rotatable bonds is 12. The first-order valence-corrected chi connectivity index (χ1v) is 18.1. The molecule has 0 bridgehead atoms. The minimum Gasteiger partial charge on any atom is -0.399 e. The van der Waals surface area contributed by atoms with E-state index >= 15 is 0 Å². The largest absolute Gasteiger partial charge is 0.399 e. The van der Waals surface area contributed by atoms with Crippen molar-refractivity contribution >= 4 is 70.1 Å². The third-order valence-electron chi connectivity index (χ3n) is 8.43. The number of likely N-dealkylation sites (tertiary alicyclic amines) is 1. The van der Waals surface area contributed by atoms with E-state index in [0.29, 0.717) is 57.9 Å². The average Bonchev–Trinajstić information content (AvgIpc) is 3.05. The number of Topliss-reactive ketones (excluding diaryl/α,β-unsaturated/α-hetero) is 1. The van der Waals surface area contributed by atoms with E-state index in [1.54, 1.807) is 25.3 Å². The molecule has 2 N–H and O–H groups in total. The molecule has 1 saturated carbocycles. The van der Waals surface area contributed by atoms with Crippen LogP contribution >= 0.6 is 46.4 Å². The average molecular weight is 745 g/mol. The van der Waals surface area contributed by atoms with Crippen LogP contribution in [0.1, 0.15) is 87.1 Å². The van der Waals surface area contributed by atoms with Crippen LogP contribution < -0.4 is 10.6 Å². The Balaban J connectivity index is 0.000000288. The van der Waals surface area contributed by atoms with Crippen molar-refractivity contribution < 1.29 is 19.2 Å². The summed E-state index contributed by atoms with van der Waals surface area (Å²) in [6.45, 7) is 8.96. The van der Waals surface area contributed by atoms with Crippen molar-refractivity contribution in [1.29, 1.82) is 0 Å². The number of amides is 1. The van der Waals surface area contributed by atoms with Crippen molar-refractivity contribution in [2.75, 3.05) is 46.9 Å². The molecule has 2 fully saturated rings. The van der Waals surface area contributed by atoms with Crippen LogP contribution in [-0.2, 0) is 14.4 Å². The Morgan fingerprint density at radius 3 is 2.29 bits per heavy atom. The Hall–Kier alpha value is -2.20. The number of oxime groups is 1. The van der Waals surface area contributed by atoms with Crippen molar-refractivity contribution in [2.24, 2.45) is 17.0 Å². The molecule has 4 rings (SSSR count). The van der Waals surface area contributed by atoms with E-state index in [1.807, 2.05) is 32.2 Å². The highest BCUT2D eigenvalue weighted by atomic mass is 35.5. The number of ketones is 1. The van der Waals surface area contributed by atoms with E-state index in [2.05, 4.69) is 27.6 Å². The number of hydrogen-bond acceptors (Lipinski definition) is 7. The third-order valence-corrected chi connectivity index (χ3v) is 9.61. The third kappa shape index (κ3) is 15.6. The molecule has 48 heavy (non-hydrogen) atoms. The summed E-state index contributed by atoms with van der Waals surface area (Å²) in [5.41, 5.74) is 2.61. The summed E-state index contributed by atoms with van der Waals surface area (Å²) in [4.78, 5) is 40.4. The predicted molar refractivity (Wildman–Crippen MR) is 199 cm³/mol. The van der Waals surface area contributed by atoms with Crippen LogP contribution in [0.5, 0.6) is 0 Å². The molecule has 2 aliphatic rings. The van der Waals surface area contributed by atoms with Gasteiger partial charge in [0.05, 0.1) is 15.8 Å². The molecule has 266 valence electrons. The molecular weight excluding hydrogens is 694 g/mol. The molecule has 1 saturated heterocycles. The van der Waals surface area contributed by atoms with Crippen LogP contribution in [0.2, 0.25) is 20.1 Å². The fourth-order valence-electron chi connectivity index (χ4n) is 5.78. The lowest BCUT2D eigenvalue weighted by atomic mass is 9.85. The van der Waals surface area contributed by atoms with Crippen LogP contribution in [0.4, 0.5) is 0 Å². The number of hydrogen-bond donors (Lipinski definition) is 2. The number of aldehydes is 1. The van der Waals surface area contributed by atoms with E-state index < -0.39 is 0 Å². The Kier molecular flexibility index (Phi) is 20.3. The lowest BCUT2D eigenvalue weighted by molar-refractivity contribution is -0.130.